The lowest BCUT2D eigenvalue weighted by Gasteiger charge is -2.38. The molecular weight excluding hydrogens is 286 g/mol. The maximum Gasteiger partial charge on any atom is 0.246 e. The largest absolute Gasteiger partial charge is 0.387 e. The van der Waals surface area contributed by atoms with Gasteiger partial charge in [-0.25, -0.2) is 8.42 Å². The third kappa shape index (κ3) is 2.66. The van der Waals surface area contributed by atoms with Crippen LogP contribution in [0.5, 0.6) is 0 Å². The van der Waals surface area contributed by atoms with Crippen molar-refractivity contribution in [3.8, 4) is 0 Å². The number of pyridine rings is 1. The normalized spacial score (nSPS) is 22.5. The molecule has 1 saturated heterocycles. The predicted octanol–water partition coefficient (Wildman–Crippen LogP) is 2.47. The predicted molar refractivity (Wildman–Crippen MR) is 82.7 cm³/mol. The molecule has 2 heterocycles. The minimum absolute atomic E-state index is 0.287. The van der Waals surface area contributed by atoms with E-state index >= 15 is 0 Å². The van der Waals surface area contributed by atoms with Gasteiger partial charge >= 0.3 is 0 Å². The van der Waals surface area contributed by atoms with Crippen molar-refractivity contribution in [3.05, 3.63) is 18.5 Å². The van der Waals surface area contributed by atoms with Gasteiger partial charge < -0.3 is 5.32 Å². The van der Waals surface area contributed by atoms with Gasteiger partial charge in [-0.2, -0.15) is 4.31 Å². The van der Waals surface area contributed by atoms with E-state index in [-0.39, 0.29) is 4.90 Å². The molecule has 1 spiro atoms. The monoisotopic (exact) mass is 309 g/mol. The topological polar surface area (TPSA) is 62.3 Å². The minimum Gasteiger partial charge on any atom is -0.387 e. The van der Waals surface area contributed by atoms with Crippen LogP contribution in [0, 0.1) is 5.41 Å². The first-order valence-corrected chi connectivity index (χ1v) is 9.13. The molecule has 0 unspecified atom stereocenters. The summed E-state index contributed by atoms with van der Waals surface area (Å²) in [7, 11) is -1.71. The molecule has 0 radical (unpaired) electrons. The fourth-order valence-electron chi connectivity index (χ4n) is 3.76. The van der Waals surface area contributed by atoms with Gasteiger partial charge in [-0.1, -0.05) is 12.8 Å². The Bertz CT molecular complexity index is 599. The Kier molecular flexibility index (Phi) is 3.92. The lowest BCUT2D eigenvalue weighted by Crippen LogP contribution is -2.42. The Morgan fingerprint density at radius 3 is 2.48 bits per heavy atom. The average molecular weight is 309 g/mol. The van der Waals surface area contributed by atoms with E-state index in [2.05, 4.69) is 10.3 Å². The molecular formula is C15H23N3O2S. The quantitative estimate of drug-likeness (QED) is 0.931. The van der Waals surface area contributed by atoms with E-state index in [0.717, 1.165) is 12.8 Å². The highest BCUT2D eigenvalue weighted by Gasteiger charge is 2.40. The molecule has 2 fully saturated rings. The van der Waals surface area contributed by atoms with Crippen LogP contribution in [0.1, 0.15) is 38.5 Å². The smallest absolute Gasteiger partial charge is 0.246 e. The summed E-state index contributed by atoms with van der Waals surface area (Å²) < 4.78 is 27.3. The maximum atomic E-state index is 12.8. The number of piperidine rings is 1. The Morgan fingerprint density at radius 2 is 1.86 bits per heavy atom. The van der Waals surface area contributed by atoms with E-state index < -0.39 is 10.0 Å². The van der Waals surface area contributed by atoms with E-state index in [9.17, 15) is 8.42 Å². The average Bonchev–Trinajstić information content (AvgIpc) is 2.96. The molecule has 2 aliphatic rings. The molecule has 1 aromatic heterocycles. The second-order valence-electron chi connectivity index (χ2n) is 6.23. The second kappa shape index (κ2) is 5.57. The molecule has 1 N–H and O–H groups in total. The first-order valence-electron chi connectivity index (χ1n) is 7.69. The Labute approximate surface area is 126 Å². The van der Waals surface area contributed by atoms with Crippen molar-refractivity contribution in [3.63, 3.8) is 0 Å². The summed E-state index contributed by atoms with van der Waals surface area (Å²) in [5.41, 5.74) is 1.04. The summed E-state index contributed by atoms with van der Waals surface area (Å²) in [6.07, 6.45) is 10.2. The molecule has 6 heteroatoms. The number of sulfonamides is 1. The highest BCUT2D eigenvalue weighted by Crippen LogP contribution is 2.46. The molecule has 1 aliphatic heterocycles. The van der Waals surface area contributed by atoms with Gasteiger partial charge in [0, 0.05) is 32.5 Å². The lowest BCUT2D eigenvalue weighted by atomic mass is 9.78. The summed E-state index contributed by atoms with van der Waals surface area (Å²) in [5, 5.41) is 2.94. The minimum atomic E-state index is -3.44. The number of hydrogen-bond donors (Lipinski definition) is 1. The van der Waals surface area contributed by atoms with E-state index in [0.29, 0.717) is 24.2 Å². The first kappa shape index (κ1) is 14.8. The van der Waals surface area contributed by atoms with Gasteiger partial charge in [0.05, 0.1) is 5.69 Å². The van der Waals surface area contributed by atoms with Gasteiger partial charge in [-0.15, -0.1) is 0 Å². The molecule has 0 atom stereocenters. The van der Waals surface area contributed by atoms with Crippen molar-refractivity contribution in [2.75, 3.05) is 25.5 Å². The van der Waals surface area contributed by atoms with Crippen LogP contribution in [0.15, 0.2) is 23.4 Å². The van der Waals surface area contributed by atoms with Crippen LogP contribution in [0.3, 0.4) is 0 Å². The van der Waals surface area contributed by atoms with Gasteiger partial charge in [-0.3, -0.25) is 4.98 Å². The Hall–Kier alpha value is -1.14. The fourth-order valence-corrected chi connectivity index (χ4v) is 5.34. The second-order valence-corrected chi connectivity index (χ2v) is 8.14. The van der Waals surface area contributed by atoms with E-state index in [1.165, 1.54) is 31.9 Å². The van der Waals surface area contributed by atoms with E-state index in [1.54, 1.807) is 23.6 Å². The van der Waals surface area contributed by atoms with Crippen molar-refractivity contribution in [1.82, 2.24) is 9.29 Å². The van der Waals surface area contributed by atoms with Gasteiger partial charge in [0.1, 0.15) is 4.90 Å². The zero-order valence-corrected chi connectivity index (χ0v) is 13.3. The molecule has 21 heavy (non-hydrogen) atoms. The van der Waals surface area contributed by atoms with Crippen LogP contribution >= 0.6 is 0 Å². The number of anilines is 1. The Balaban J connectivity index is 1.80. The Morgan fingerprint density at radius 1 is 1.19 bits per heavy atom. The molecule has 1 aromatic rings. The number of rotatable bonds is 3. The highest BCUT2D eigenvalue weighted by molar-refractivity contribution is 7.89. The molecule has 3 rings (SSSR count). The van der Waals surface area contributed by atoms with Crippen molar-refractivity contribution in [2.45, 2.75) is 43.4 Å². The van der Waals surface area contributed by atoms with Gasteiger partial charge in [0.2, 0.25) is 10.0 Å². The first-order chi connectivity index (χ1) is 10.1. The zero-order valence-electron chi connectivity index (χ0n) is 12.5. The van der Waals surface area contributed by atoms with Crippen LogP contribution in [-0.4, -0.2) is 37.8 Å². The van der Waals surface area contributed by atoms with Crippen LogP contribution in [0.25, 0.3) is 0 Å². The van der Waals surface area contributed by atoms with Crippen molar-refractivity contribution in [1.29, 1.82) is 0 Å². The van der Waals surface area contributed by atoms with E-state index in [1.807, 2.05) is 0 Å². The zero-order chi connectivity index (χ0) is 14.9. The lowest BCUT2D eigenvalue weighted by molar-refractivity contribution is 0.160. The molecule has 0 aromatic carbocycles. The fraction of sp³-hybridized carbons (Fsp3) is 0.667. The molecule has 1 aliphatic carbocycles. The molecule has 0 amide bonds. The van der Waals surface area contributed by atoms with Crippen LogP contribution in [0.2, 0.25) is 0 Å². The highest BCUT2D eigenvalue weighted by atomic mass is 32.2. The van der Waals surface area contributed by atoms with Crippen molar-refractivity contribution in [2.24, 2.45) is 5.41 Å². The summed E-state index contributed by atoms with van der Waals surface area (Å²) in [6, 6.07) is 1.70. The summed E-state index contributed by atoms with van der Waals surface area (Å²) in [6.45, 7) is 1.28. The summed E-state index contributed by atoms with van der Waals surface area (Å²) in [4.78, 5) is 4.27. The number of nitrogens with one attached hydrogen (secondary N) is 1. The number of aromatic nitrogens is 1. The molecule has 116 valence electrons. The number of nitrogens with zero attached hydrogens (tertiary/aromatic N) is 2. The van der Waals surface area contributed by atoms with Gasteiger partial charge in [0.25, 0.3) is 0 Å². The van der Waals surface area contributed by atoms with Crippen LogP contribution < -0.4 is 5.32 Å². The van der Waals surface area contributed by atoms with Crippen molar-refractivity contribution < 1.29 is 8.42 Å². The maximum absolute atomic E-state index is 12.8. The van der Waals surface area contributed by atoms with E-state index in [4.69, 9.17) is 0 Å². The standard InChI is InChI=1S/C15H23N3O2S/c1-16-13-4-9-17-12-14(13)21(19,20)18-10-7-15(8-11-18)5-2-3-6-15/h4,9,12H,2-3,5-8,10-11H2,1H3,(H,16,17). The SMILES string of the molecule is CNc1ccncc1S(=O)(=O)N1CCC2(CCCC2)CC1. The third-order valence-corrected chi connectivity index (χ3v) is 7.05. The van der Waals surface area contributed by atoms with Crippen LogP contribution in [-0.2, 0) is 10.0 Å². The third-order valence-electron chi connectivity index (χ3n) is 5.12. The molecule has 5 nitrogen and oxygen atoms in total. The summed E-state index contributed by atoms with van der Waals surface area (Å²) >= 11 is 0. The van der Waals surface area contributed by atoms with Crippen molar-refractivity contribution >= 4 is 15.7 Å². The van der Waals surface area contributed by atoms with Crippen LogP contribution in [0.4, 0.5) is 5.69 Å². The van der Waals surface area contributed by atoms with Gasteiger partial charge in [-0.05, 0) is 37.2 Å². The molecule has 0 bridgehead atoms. The van der Waals surface area contributed by atoms with Gasteiger partial charge in [0.15, 0.2) is 0 Å². The summed E-state index contributed by atoms with van der Waals surface area (Å²) in [5.74, 6) is 0. The number of hydrogen-bond acceptors (Lipinski definition) is 4. The molecule has 1 saturated carbocycles.